The number of aromatic amines is 1. The summed E-state index contributed by atoms with van der Waals surface area (Å²) in [5.41, 5.74) is 2.44. The van der Waals surface area contributed by atoms with Crippen LogP contribution in [0.4, 0.5) is 4.79 Å². The van der Waals surface area contributed by atoms with Crippen molar-refractivity contribution in [2.45, 2.75) is 13.3 Å². The van der Waals surface area contributed by atoms with Crippen LogP contribution in [0, 0.1) is 0 Å². The molecular formula is C23H22N2O4S. The number of H-pyrrole nitrogens is 1. The van der Waals surface area contributed by atoms with Gasteiger partial charge in [-0.1, -0.05) is 19.1 Å². The number of aromatic nitrogens is 1. The number of nitrogens with one attached hydrogen (secondary N) is 1. The molecule has 2 heterocycles. The van der Waals surface area contributed by atoms with Crippen LogP contribution < -0.4 is 15.0 Å². The number of thiophene rings is 1. The van der Waals surface area contributed by atoms with Gasteiger partial charge in [-0.2, -0.15) is 0 Å². The molecule has 0 unspecified atom stereocenters. The van der Waals surface area contributed by atoms with Gasteiger partial charge in [-0.25, -0.2) is 4.79 Å². The lowest BCUT2D eigenvalue weighted by Crippen LogP contribution is -2.30. The average molecular weight is 423 g/mol. The lowest BCUT2D eigenvalue weighted by atomic mass is 9.97. The van der Waals surface area contributed by atoms with E-state index in [-0.39, 0.29) is 11.7 Å². The number of hydrogen-bond acceptors (Lipinski definition) is 5. The maximum atomic E-state index is 12.4. The minimum atomic E-state index is -0.384. The summed E-state index contributed by atoms with van der Waals surface area (Å²) in [6.07, 6.45) is 0.481. The Balaban J connectivity index is 1.80. The van der Waals surface area contributed by atoms with E-state index in [0.717, 1.165) is 33.8 Å². The first kappa shape index (κ1) is 20.0. The van der Waals surface area contributed by atoms with Crippen molar-refractivity contribution in [2.24, 2.45) is 0 Å². The van der Waals surface area contributed by atoms with E-state index in [9.17, 15) is 9.59 Å². The Morgan fingerprint density at radius 2 is 1.90 bits per heavy atom. The van der Waals surface area contributed by atoms with Gasteiger partial charge in [0, 0.05) is 35.4 Å². The Morgan fingerprint density at radius 3 is 2.60 bits per heavy atom. The third kappa shape index (κ3) is 3.52. The van der Waals surface area contributed by atoms with Crippen molar-refractivity contribution in [1.82, 2.24) is 9.88 Å². The molecule has 0 fully saturated rings. The quantitative estimate of drug-likeness (QED) is 0.476. The van der Waals surface area contributed by atoms with Crippen molar-refractivity contribution >= 4 is 38.4 Å². The van der Waals surface area contributed by atoms with Gasteiger partial charge in [0.2, 0.25) is 0 Å². The molecule has 0 aliphatic rings. The fraction of sp³-hybridized carbons (Fsp3) is 0.217. The molecule has 0 aliphatic carbocycles. The van der Waals surface area contributed by atoms with Crippen LogP contribution in [0.2, 0.25) is 0 Å². The number of methoxy groups -OCH3 is 1. The van der Waals surface area contributed by atoms with Crippen molar-refractivity contribution in [3.63, 3.8) is 0 Å². The predicted molar refractivity (Wildman–Crippen MR) is 121 cm³/mol. The Kier molecular flexibility index (Phi) is 5.46. The molecule has 154 valence electrons. The van der Waals surface area contributed by atoms with E-state index in [2.05, 4.69) is 4.98 Å². The zero-order valence-electron chi connectivity index (χ0n) is 17.0. The van der Waals surface area contributed by atoms with Crippen LogP contribution >= 0.6 is 11.3 Å². The minimum absolute atomic E-state index is 0.0953. The molecular weight excluding hydrogens is 400 g/mol. The lowest BCUT2D eigenvalue weighted by molar-refractivity contribution is 0.163. The topological polar surface area (TPSA) is 71.6 Å². The molecule has 0 saturated heterocycles. The third-order valence-corrected chi connectivity index (χ3v) is 5.91. The second kappa shape index (κ2) is 8.20. The maximum absolute atomic E-state index is 12.4. The molecule has 0 spiro atoms. The highest BCUT2D eigenvalue weighted by Gasteiger charge is 2.17. The summed E-state index contributed by atoms with van der Waals surface area (Å²) in [5, 5.41) is 3.74. The highest BCUT2D eigenvalue weighted by Crippen LogP contribution is 2.40. The largest absolute Gasteiger partial charge is 0.496 e. The molecule has 2 aromatic heterocycles. The predicted octanol–water partition coefficient (Wildman–Crippen LogP) is 5.26. The SMILES string of the molecule is CCCN(C)C(=O)Oc1ccc(-c2c(OC)ccc3[nH]c(=O)c4sccc4c23)cc1. The summed E-state index contributed by atoms with van der Waals surface area (Å²) < 4.78 is 11.8. The Bertz CT molecular complexity index is 1270. The molecule has 6 nitrogen and oxygen atoms in total. The van der Waals surface area contributed by atoms with Gasteiger partial charge < -0.3 is 19.4 Å². The molecule has 4 aromatic rings. The van der Waals surface area contributed by atoms with Gasteiger partial charge >= 0.3 is 6.09 Å². The molecule has 0 bridgehead atoms. The molecule has 1 amide bonds. The zero-order valence-corrected chi connectivity index (χ0v) is 17.8. The van der Waals surface area contributed by atoms with Gasteiger partial charge in [0.25, 0.3) is 5.56 Å². The molecule has 1 N–H and O–H groups in total. The van der Waals surface area contributed by atoms with Gasteiger partial charge in [-0.05, 0) is 47.7 Å². The first-order valence-electron chi connectivity index (χ1n) is 9.67. The Morgan fingerprint density at radius 1 is 1.13 bits per heavy atom. The smallest absolute Gasteiger partial charge is 0.414 e. The highest BCUT2D eigenvalue weighted by atomic mass is 32.1. The number of ether oxygens (including phenoxy) is 2. The normalized spacial score (nSPS) is 11.0. The number of carbonyl (C=O) groups is 1. The van der Waals surface area contributed by atoms with E-state index in [1.807, 2.05) is 42.6 Å². The van der Waals surface area contributed by atoms with Crippen LogP contribution in [0.1, 0.15) is 13.3 Å². The summed E-state index contributed by atoms with van der Waals surface area (Å²) in [5.74, 6) is 1.18. The summed E-state index contributed by atoms with van der Waals surface area (Å²) in [6.45, 7) is 2.65. The van der Waals surface area contributed by atoms with Gasteiger partial charge in [-0.3, -0.25) is 4.79 Å². The van der Waals surface area contributed by atoms with E-state index >= 15 is 0 Å². The average Bonchev–Trinajstić information content (AvgIpc) is 3.24. The summed E-state index contributed by atoms with van der Waals surface area (Å²) in [6, 6.07) is 13.0. The van der Waals surface area contributed by atoms with Crippen LogP contribution in [0.3, 0.4) is 0 Å². The lowest BCUT2D eigenvalue weighted by Gasteiger charge is -2.16. The second-order valence-electron chi connectivity index (χ2n) is 7.00. The number of pyridine rings is 1. The third-order valence-electron chi connectivity index (χ3n) is 4.99. The monoisotopic (exact) mass is 422 g/mol. The van der Waals surface area contributed by atoms with E-state index in [0.29, 0.717) is 22.7 Å². The van der Waals surface area contributed by atoms with E-state index in [1.165, 1.54) is 11.3 Å². The molecule has 0 atom stereocenters. The number of hydrogen-bond donors (Lipinski definition) is 1. The number of fused-ring (bicyclic) bond motifs is 3. The van der Waals surface area contributed by atoms with E-state index in [1.54, 1.807) is 31.2 Å². The van der Waals surface area contributed by atoms with E-state index in [4.69, 9.17) is 9.47 Å². The Labute approximate surface area is 177 Å². The first-order chi connectivity index (χ1) is 14.5. The molecule has 0 aliphatic heterocycles. The van der Waals surface area contributed by atoms with Gasteiger partial charge in [-0.15, -0.1) is 11.3 Å². The number of benzene rings is 2. The van der Waals surface area contributed by atoms with Crippen LogP contribution in [0.5, 0.6) is 11.5 Å². The summed E-state index contributed by atoms with van der Waals surface area (Å²) >= 11 is 1.42. The van der Waals surface area contributed by atoms with E-state index < -0.39 is 0 Å². The van der Waals surface area contributed by atoms with Gasteiger partial charge in [0.05, 0.1) is 7.11 Å². The molecule has 30 heavy (non-hydrogen) atoms. The second-order valence-corrected chi connectivity index (χ2v) is 7.91. The van der Waals surface area contributed by atoms with Crippen molar-refractivity contribution in [3.8, 4) is 22.6 Å². The minimum Gasteiger partial charge on any atom is -0.496 e. The van der Waals surface area contributed by atoms with Crippen molar-refractivity contribution in [3.05, 3.63) is 58.2 Å². The van der Waals surface area contributed by atoms with Crippen LogP contribution in [0.25, 0.3) is 32.1 Å². The van der Waals surface area contributed by atoms with Gasteiger partial charge in [0.1, 0.15) is 16.2 Å². The van der Waals surface area contributed by atoms with Crippen molar-refractivity contribution < 1.29 is 14.3 Å². The summed E-state index contributed by atoms with van der Waals surface area (Å²) in [4.78, 5) is 29.0. The van der Waals surface area contributed by atoms with Crippen LogP contribution in [-0.4, -0.2) is 36.7 Å². The highest BCUT2D eigenvalue weighted by molar-refractivity contribution is 7.17. The summed E-state index contributed by atoms with van der Waals surface area (Å²) in [7, 11) is 3.34. The molecule has 4 rings (SSSR count). The van der Waals surface area contributed by atoms with Crippen molar-refractivity contribution in [2.75, 3.05) is 20.7 Å². The molecule has 7 heteroatoms. The van der Waals surface area contributed by atoms with Crippen LogP contribution in [-0.2, 0) is 0 Å². The number of carbonyl (C=O) groups excluding carboxylic acids is 1. The zero-order chi connectivity index (χ0) is 21.3. The number of rotatable bonds is 5. The van der Waals surface area contributed by atoms with Crippen molar-refractivity contribution in [1.29, 1.82) is 0 Å². The Hall–Kier alpha value is -3.32. The van der Waals surface area contributed by atoms with Gasteiger partial charge in [0.15, 0.2) is 0 Å². The fourth-order valence-electron chi connectivity index (χ4n) is 3.58. The number of amides is 1. The number of nitrogens with zero attached hydrogens (tertiary/aromatic N) is 1. The first-order valence-corrected chi connectivity index (χ1v) is 10.5. The molecule has 0 radical (unpaired) electrons. The molecule has 0 saturated carbocycles. The maximum Gasteiger partial charge on any atom is 0.414 e. The standard InChI is InChI=1S/C23H22N2O4S/c1-4-12-25(2)23(27)29-15-7-5-14(6-8-15)19-18(28-3)10-9-17-20(19)16-11-13-30-21(16)22(26)24-17/h5-11,13H,4,12H2,1-3H3,(H,24,26). The van der Waals surface area contributed by atoms with Crippen LogP contribution in [0.15, 0.2) is 52.6 Å². The molecule has 2 aromatic carbocycles. The fourth-order valence-corrected chi connectivity index (χ4v) is 4.38.